The molecule has 0 spiro atoms. The van der Waals surface area contributed by atoms with Gasteiger partial charge < -0.3 is 9.64 Å². The summed E-state index contributed by atoms with van der Waals surface area (Å²) < 4.78 is 35.8. The van der Waals surface area contributed by atoms with Gasteiger partial charge in [-0.05, 0) is 50.3 Å². The minimum atomic E-state index is -3.48. The summed E-state index contributed by atoms with van der Waals surface area (Å²) in [6.45, 7) is 3.15. The lowest BCUT2D eigenvalue weighted by molar-refractivity contribution is 0.152. The molecule has 2 heterocycles. The molecule has 196 valence electrons. The summed E-state index contributed by atoms with van der Waals surface area (Å²) in [5.74, 6) is 0.279. The number of benzene rings is 2. The maximum Gasteiger partial charge on any atom is 0.316 e. The van der Waals surface area contributed by atoms with E-state index in [1.54, 1.807) is 10.5 Å². The Bertz CT molecular complexity index is 1360. The van der Waals surface area contributed by atoms with Gasteiger partial charge in [0.25, 0.3) is 0 Å². The number of piperazine rings is 1. The number of aromatic nitrogens is 2. The van der Waals surface area contributed by atoms with Crippen LogP contribution in [0, 0.1) is 0 Å². The smallest absolute Gasteiger partial charge is 0.316 e. The van der Waals surface area contributed by atoms with Gasteiger partial charge in [0.05, 0.1) is 23.7 Å². The van der Waals surface area contributed by atoms with Crippen LogP contribution in [0.1, 0.15) is 44.6 Å². The molecule has 0 bridgehead atoms. The third kappa shape index (κ3) is 5.72. The monoisotopic (exact) mass is 522 g/mol. The predicted molar refractivity (Wildman–Crippen MR) is 145 cm³/mol. The lowest BCUT2D eigenvalue weighted by Crippen LogP contribution is -2.54. The Labute approximate surface area is 218 Å². The zero-order valence-corrected chi connectivity index (χ0v) is 22.0. The first-order valence-corrected chi connectivity index (χ1v) is 14.7. The minimum absolute atomic E-state index is 0.00298. The topological polar surface area (TPSA) is 84.7 Å². The second-order valence-electron chi connectivity index (χ2n) is 9.94. The molecule has 1 atom stereocenters. The Balaban J connectivity index is 1.41. The van der Waals surface area contributed by atoms with Gasteiger partial charge in [-0.25, -0.2) is 8.42 Å². The van der Waals surface area contributed by atoms with Crippen LogP contribution in [0.15, 0.2) is 71.7 Å². The molecular formula is C28H34N4O4S. The number of nitrogens with zero attached hydrogens (tertiary/aromatic N) is 4. The van der Waals surface area contributed by atoms with Gasteiger partial charge in [-0.15, -0.1) is 0 Å². The summed E-state index contributed by atoms with van der Waals surface area (Å²) >= 11 is 0. The molecule has 2 aliphatic rings. The van der Waals surface area contributed by atoms with E-state index < -0.39 is 10.0 Å². The molecule has 37 heavy (non-hydrogen) atoms. The van der Waals surface area contributed by atoms with Gasteiger partial charge in [0, 0.05) is 25.7 Å². The third-order valence-electron chi connectivity index (χ3n) is 7.21. The molecule has 2 fully saturated rings. The van der Waals surface area contributed by atoms with Gasteiger partial charge in [-0.2, -0.15) is 14.1 Å². The minimum Gasteiger partial charge on any atom is -0.483 e. The molecule has 8 nitrogen and oxygen atoms in total. The van der Waals surface area contributed by atoms with Gasteiger partial charge >= 0.3 is 5.56 Å². The maximum atomic E-state index is 13.7. The molecule has 2 aromatic carbocycles. The number of para-hydroxylation sites is 1. The van der Waals surface area contributed by atoms with Crippen molar-refractivity contribution in [1.82, 2.24) is 14.1 Å². The highest BCUT2D eigenvalue weighted by Gasteiger charge is 2.34. The molecular weight excluding hydrogens is 488 g/mol. The normalized spacial score (nSPS) is 19.6. The van der Waals surface area contributed by atoms with Crippen molar-refractivity contribution >= 4 is 15.7 Å². The second kappa shape index (κ2) is 11.1. The summed E-state index contributed by atoms with van der Waals surface area (Å²) in [4.78, 5) is 15.7. The fraction of sp³-hybridized carbons (Fsp3) is 0.429. The van der Waals surface area contributed by atoms with Crippen LogP contribution in [0.4, 0.5) is 5.69 Å². The zero-order chi connectivity index (χ0) is 25.8. The fourth-order valence-corrected chi connectivity index (χ4v) is 7.06. The van der Waals surface area contributed by atoms with Crippen molar-refractivity contribution in [3.63, 3.8) is 0 Å². The highest BCUT2D eigenvalue weighted by atomic mass is 32.2. The van der Waals surface area contributed by atoms with Crippen LogP contribution >= 0.6 is 0 Å². The summed E-state index contributed by atoms with van der Waals surface area (Å²) in [6.07, 6.45) is 6.90. The molecule has 1 saturated carbocycles. The molecule has 1 aliphatic heterocycles. The molecule has 0 N–H and O–H groups in total. The fourth-order valence-electron chi connectivity index (χ4n) is 5.31. The van der Waals surface area contributed by atoms with Crippen molar-refractivity contribution in [3.8, 4) is 11.4 Å². The Morgan fingerprint density at radius 1 is 0.946 bits per heavy atom. The van der Waals surface area contributed by atoms with Gasteiger partial charge in [0.1, 0.15) is 5.69 Å². The molecule has 1 aliphatic carbocycles. The van der Waals surface area contributed by atoms with Crippen LogP contribution < -0.4 is 15.2 Å². The molecule has 0 unspecified atom stereocenters. The molecule has 5 rings (SSSR count). The van der Waals surface area contributed by atoms with Crippen molar-refractivity contribution in [2.75, 3.05) is 24.5 Å². The Kier molecular flexibility index (Phi) is 7.62. The first-order valence-electron chi connectivity index (χ1n) is 13.1. The Morgan fingerprint density at radius 2 is 1.62 bits per heavy atom. The number of hydrogen-bond donors (Lipinski definition) is 0. The number of anilines is 1. The van der Waals surface area contributed by atoms with Crippen LogP contribution in [0.3, 0.4) is 0 Å². The van der Waals surface area contributed by atoms with E-state index in [1.807, 2.05) is 72.5 Å². The molecule has 0 radical (unpaired) electrons. The molecule has 9 heteroatoms. The van der Waals surface area contributed by atoms with Gasteiger partial charge in [0.2, 0.25) is 15.8 Å². The molecule has 0 amide bonds. The lowest BCUT2D eigenvalue weighted by atomic mass is 9.98. The SMILES string of the molecule is C[C@H]1CN(c2cnn(-c3ccccc3)c(=O)c2OC2CCCCC2)CCN1S(=O)(=O)Cc1ccccc1. The first-order chi connectivity index (χ1) is 17.9. The van der Waals surface area contributed by atoms with E-state index in [-0.39, 0.29) is 23.5 Å². The van der Waals surface area contributed by atoms with Gasteiger partial charge in [-0.3, -0.25) is 4.79 Å². The van der Waals surface area contributed by atoms with E-state index in [9.17, 15) is 13.2 Å². The Hall–Kier alpha value is -3.17. The van der Waals surface area contributed by atoms with Crippen LogP contribution in [-0.4, -0.2) is 54.3 Å². The highest BCUT2D eigenvalue weighted by Crippen LogP contribution is 2.31. The summed E-state index contributed by atoms with van der Waals surface area (Å²) in [7, 11) is -3.48. The largest absolute Gasteiger partial charge is 0.483 e. The zero-order valence-electron chi connectivity index (χ0n) is 21.2. The van der Waals surface area contributed by atoms with Crippen LogP contribution in [0.5, 0.6) is 5.75 Å². The summed E-state index contributed by atoms with van der Waals surface area (Å²) in [5.41, 5.74) is 1.79. The number of rotatable bonds is 7. The lowest BCUT2D eigenvalue weighted by Gasteiger charge is -2.40. The molecule has 1 saturated heterocycles. The average molecular weight is 523 g/mol. The maximum absolute atomic E-state index is 13.7. The average Bonchev–Trinajstić information content (AvgIpc) is 2.91. The second-order valence-corrected chi connectivity index (χ2v) is 11.9. The van der Waals surface area contributed by atoms with Gasteiger partial charge in [0.15, 0.2) is 0 Å². The highest BCUT2D eigenvalue weighted by molar-refractivity contribution is 7.88. The van der Waals surface area contributed by atoms with Crippen LogP contribution in [0.25, 0.3) is 5.69 Å². The van der Waals surface area contributed by atoms with E-state index in [0.717, 1.165) is 31.2 Å². The van der Waals surface area contributed by atoms with E-state index >= 15 is 0 Å². The van der Waals surface area contributed by atoms with E-state index in [4.69, 9.17) is 4.74 Å². The quantitative estimate of drug-likeness (QED) is 0.467. The number of ether oxygens (including phenoxy) is 1. The third-order valence-corrected chi connectivity index (χ3v) is 9.16. The van der Waals surface area contributed by atoms with Crippen molar-refractivity contribution in [2.24, 2.45) is 0 Å². The summed E-state index contributed by atoms with van der Waals surface area (Å²) in [6, 6.07) is 18.3. The summed E-state index contributed by atoms with van der Waals surface area (Å²) in [5, 5.41) is 4.48. The van der Waals surface area contributed by atoms with E-state index in [0.29, 0.717) is 36.8 Å². The van der Waals surface area contributed by atoms with E-state index in [1.165, 1.54) is 11.1 Å². The predicted octanol–water partition coefficient (Wildman–Crippen LogP) is 3.98. The van der Waals surface area contributed by atoms with Crippen LogP contribution in [0.2, 0.25) is 0 Å². The molecule has 1 aromatic heterocycles. The number of sulfonamides is 1. The van der Waals surface area contributed by atoms with Gasteiger partial charge in [-0.1, -0.05) is 55.0 Å². The van der Waals surface area contributed by atoms with Crippen LogP contribution in [-0.2, 0) is 15.8 Å². The van der Waals surface area contributed by atoms with Crippen molar-refractivity contribution in [1.29, 1.82) is 0 Å². The van der Waals surface area contributed by atoms with E-state index in [2.05, 4.69) is 5.10 Å². The standard InChI is InChI=1S/C28H34N4O4S/c1-22-20-30(17-18-31(22)37(34,35)21-23-11-5-2-6-12-23)26-19-29-32(24-13-7-3-8-14-24)28(33)27(26)36-25-15-9-4-10-16-25/h2-3,5-8,11-14,19,22,25H,4,9-10,15-18,20-21H2,1H3/t22-/m0/s1. The molecule has 3 aromatic rings. The number of hydrogen-bond acceptors (Lipinski definition) is 6. The van der Waals surface area contributed by atoms with Crippen molar-refractivity contribution < 1.29 is 13.2 Å². The first kappa shape index (κ1) is 25.5. The van der Waals surface area contributed by atoms with Crippen molar-refractivity contribution in [3.05, 3.63) is 82.8 Å². The van der Waals surface area contributed by atoms with Crippen molar-refractivity contribution in [2.45, 2.75) is 56.9 Å². The Morgan fingerprint density at radius 3 is 2.30 bits per heavy atom.